The number of hydrogen-bond donors (Lipinski definition) is 1. The zero-order valence-electron chi connectivity index (χ0n) is 9.61. The maximum Gasteiger partial charge on any atom is 0.0705 e. The maximum atomic E-state index is 9.49. The van der Waals surface area contributed by atoms with E-state index < -0.39 is 0 Å². The zero-order valence-corrected chi connectivity index (χ0v) is 9.61. The van der Waals surface area contributed by atoms with Crippen molar-refractivity contribution in [2.75, 3.05) is 0 Å². The van der Waals surface area contributed by atoms with E-state index in [1.54, 1.807) is 0 Å². The van der Waals surface area contributed by atoms with Gasteiger partial charge >= 0.3 is 0 Å². The van der Waals surface area contributed by atoms with Gasteiger partial charge in [0.1, 0.15) is 0 Å². The van der Waals surface area contributed by atoms with Crippen LogP contribution in [0.15, 0.2) is 30.5 Å². The Morgan fingerprint density at radius 1 is 1.25 bits per heavy atom. The number of unbranched alkanes of at least 4 members (excludes halogenated alkanes) is 1. The number of hydrogen-bond acceptors (Lipinski definition) is 2. The van der Waals surface area contributed by atoms with Crippen molar-refractivity contribution < 1.29 is 5.11 Å². The molecule has 0 aliphatic heterocycles. The van der Waals surface area contributed by atoms with Gasteiger partial charge in [0, 0.05) is 11.6 Å². The van der Waals surface area contributed by atoms with Gasteiger partial charge in [-0.3, -0.25) is 4.98 Å². The van der Waals surface area contributed by atoms with E-state index in [4.69, 9.17) is 0 Å². The van der Waals surface area contributed by atoms with E-state index in [2.05, 4.69) is 11.9 Å². The predicted octanol–water partition coefficient (Wildman–Crippen LogP) is 3.07. The molecule has 0 spiro atoms. The van der Waals surface area contributed by atoms with Gasteiger partial charge in [-0.25, -0.2) is 0 Å². The minimum absolute atomic E-state index is 0.0993. The lowest BCUT2D eigenvalue weighted by Crippen LogP contribution is -1.97. The largest absolute Gasteiger partial charge is 0.392 e. The molecule has 0 bridgehead atoms. The van der Waals surface area contributed by atoms with E-state index in [0.29, 0.717) is 0 Å². The van der Waals surface area contributed by atoms with E-state index in [-0.39, 0.29) is 6.61 Å². The summed E-state index contributed by atoms with van der Waals surface area (Å²) in [5, 5.41) is 10.6. The van der Waals surface area contributed by atoms with Crippen LogP contribution in [0.25, 0.3) is 10.9 Å². The number of aryl methyl sites for hydroxylation is 1. The molecule has 2 rings (SSSR count). The van der Waals surface area contributed by atoms with Crippen molar-refractivity contribution in [1.82, 2.24) is 4.98 Å². The van der Waals surface area contributed by atoms with Gasteiger partial charge < -0.3 is 5.11 Å². The number of nitrogens with zero attached hydrogens (tertiary/aromatic N) is 1. The number of fused-ring (bicyclic) bond motifs is 1. The van der Waals surface area contributed by atoms with Gasteiger partial charge in [-0.05, 0) is 30.0 Å². The van der Waals surface area contributed by atoms with Gasteiger partial charge in [-0.1, -0.05) is 31.5 Å². The molecule has 1 N–H and O–H groups in total. The molecule has 0 radical (unpaired) electrons. The molecule has 2 heteroatoms. The summed E-state index contributed by atoms with van der Waals surface area (Å²) in [7, 11) is 0. The van der Waals surface area contributed by atoms with Crippen molar-refractivity contribution in [2.24, 2.45) is 0 Å². The summed E-state index contributed by atoms with van der Waals surface area (Å²) < 4.78 is 0. The molecule has 0 aliphatic carbocycles. The normalized spacial score (nSPS) is 10.9. The summed E-state index contributed by atoms with van der Waals surface area (Å²) in [6.45, 7) is 2.27. The molecule has 0 saturated carbocycles. The first kappa shape index (κ1) is 11.1. The highest BCUT2D eigenvalue weighted by Gasteiger charge is 2.06. The quantitative estimate of drug-likeness (QED) is 0.850. The minimum atomic E-state index is 0.0993. The monoisotopic (exact) mass is 215 g/mol. The van der Waals surface area contributed by atoms with Crippen LogP contribution in [0, 0.1) is 0 Å². The van der Waals surface area contributed by atoms with E-state index >= 15 is 0 Å². The van der Waals surface area contributed by atoms with Gasteiger partial charge in [-0.2, -0.15) is 0 Å². The fourth-order valence-electron chi connectivity index (χ4n) is 2.01. The molecular formula is C14H17NO. The maximum absolute atomic E-state index is 9.49. The number of benzene rings is 1. The molecule has 0 unspecified atom stereocenters. The molecular weight excluding hydrogens is 198 g/mol. The topological polar surface area (TPSA) is 33.1 Å². The Hall–Kier alpha value is -1.41. The van der Waals surface area contributed by atoms with Crippen LogP contribution in [-0.4, -0.2) is 10.1 Å². The SMILES string of the molecule is CCCCc1cnc2ccccc2c1CO. The molecule has 1 heterocycles. The van der Waals surface area contributed by atoms with Gasteiger partial charge in [0.25, 0.3) is 0 Å². The summed E-state index contributed by atoms with van der Waals surface area (Å²) in [6.07, 6.45) is 5.22. The van der Waals surface area contributed by atoms with Gasteiger partial charge in [0.05, 0.1) is 12.1 Å². The van der Waals surface area contributed by atoms with Crippen LogP contribution in [0.3, 0.4) is 0 Å². The van der Waals surface area contributed by atoms with Crippen LogP contribution >= 0.6 is 0 Å². The average Bonchev–Trinajstić information content (AvgIpc) is 2.35. The van der Waals surface area contributed by atoms with E-state index in [9.17, 15) is 5.11 Å². The van der Waals surface area contributed by atoms with Crippen LogP contribution in [0.1, 0.15) is 30.9 Å². The highest BCUT2D eigenvalue weighted by Crippen LogP contribution is 2.21. The lowest BCUT2D eigenvalue weighted by atomic mass is 10.0. The second kappa shape index (κ2) is 5.08. The summed E-state index contributed by atoms with van der Waals surface area (Å²) in [6, 6.07) is 7.98. The molecule has 16 heavy (non-hydrogen) atoms. The first-order valence-corrected chi connectivity index (χ1v) is 5.83. The molecule has 0 saturated heterocycles. The summed E-state index contributed by atoms with van der Waals surface area (Å²) >= 11 is 0. The van der Waals surface area contributed by atoms with Crippen molar-refractivity contribution in [3.63, 3.8) is 0 Å². The molecule has 1 aromatic carbocycles. The smallest absolute Gasteiger partial charge is 0.0705 e. The van der Waals surface area contributed by atoms with Crippen LogP contribution in [0.2, 0.25) is 0 Å². The number of aliphatic hydroxyl groups is 1. The molecule has 2 nitrogen and oxygen atoms in total. The predicted molar refractivity (Wildman–Crippen MR) is 66.3 cm³/mol. The van der Waals surface area contributed by atoms with Crippen molar-refractivity contribution in [3.8, 4) is 0 Å². The van der Waals surface area contributed by atoms with Gasteiger partial charge in [0.2, 0.25) is 0 Å². The Morgan fingerprint density at radius 3 is 2.81 bits per heavy atom. The molecule has 0 atom stereocenters. The van der Waals surface area contributed by atoms with Gasteiger partial charge in [0.15, 0.2) is 0 Å². The first-order chi connectivity index (χ1) is 7.86. The third kappa shape index (κ3) is 2.07. The molecule has 0 amide bonds. The number of aliphatic hydroxyl groups excluding tert-OH is 1. The van der Waals surface area contributed by atoms with Crippen LogP contribution in [0.5, 0.6) is 0 Å². The molecule has 84 valence electrons. The molecule has 1 aromatic heterocycles. The lowest BCUT2D eigenvalue weighted by molar-refractivity contribution is 0.282. The fourth-order valence-corrected chi connectivity index (χ4v) is 2.01. The zero-order chi connectivity index (χ0) is 11.4. The summed E-state index contributed by atoms with van der Waals surface area (Å²) in [5.74, 6) is 0. The third-order valence-electron chi connectivity index (χ3n) is 2.93. The highest BCUT2D eigenvalue weighted by molar-refractivity contribution is 5.82. The number of rotatable bonds is 4. The van der Waals surface area contributed by atoms with Crippen molar-refractivity contribution >= 4 is 10.9 Å². The van der Waals surface area contributed by atoms with E-state index in [0.717, 1.165) is 35.7 Å². The third-order valence-corrected chi connectivity index (χ3v) is 2.93. The Kier molecular flexibility index (Phi) is 3.52. The summed E-state index contributed by atoms with van der Waals surface area (Å²) in [4.78, 5) is 4.43. The number of para-hydroxylation sites is 1. The van der Waals surface area contributed by atoms with E-state index in [1.165, 1.54) is 5.56 Å². The Bertz CT molecular complexity index is 479. The standard InChI is InChI=1S/C14H17NO/c1-2-3-6-11-9-15-14-8-5-4-7-12(14)13(11)10-16/h4-5,7-9,16H,2-3,6,10H2,1H3. The fraction of sp³-hybridized carbons (Fsp3) is 0.357. The van der Waals surface area contributed by atoms with Gasteiger partial charge in [-0.15, -0.1) is 0 Å². The Labute approximate surface area is 96.0 Å². The second-order valence-electron chi connectivity index (χ2n) is 4.04. The average molecular weight is 215 g/mol. The molecule has 2 aromatic rings. The number of aromatic nitrogens is 1. The minimum Gasteiger partial charge on any atom is -0.392 e. The Morgan fingerprint density at radius 2 is 2.06 bits per heavy atom. The number of pyridine rings is 1. The molecule has 0 aliphatic rings. The first-order valence-electron chi connectivity index (χ1n) is 5.83. The second-order valence-corrected chi connectivity index (χ2v) is 4.04. The molecule has 0 fully saturated rings. The highest BCUT2D eigenvalue weighted by atomic mass is 16.3. The van der Waals surface area contributed by atoms with Crippen LogP contribution in [0.4, 0.5) is 0 Å². The van der Waals surface area contributed by atoms with E-state index in [1.807, 2.05) is 30.5 Å². The van der Waals surface area contributed by atoms with Crippen LogP contribution < -0.4 is 0 Å². The Balaban J connectivity index is 2.50. The van der Waals surface area contributed by atoms with Crippen molar-refractivity contribution in [2.45, 2.75) is 32.8 Å². The summed E-state index contributed by atoms with van der Waals surface area (Å²) in [5.41, 5.74) is 3.19. The van der Waals surface area contributed by atoms with Crippen molar-refractivity contribution in [1.29, 1.82) is 0 Å². The lowest BCUT2D eigenvalue weighted by Gasteiger charge is -2.09. The van der Waals surface area contributed by atoms with Crippen molar-refractivity contribution in [3.05, 3.63) is 41.6 Å². The van der Waals surface area contributed by atoms with Crippen LogP contribution in [-0.2, 0) is 13.0 Å².